The van der Waals surface area contributed by atoms with Crippen molar-refractivity contribution in [3.63, 3.8) is 0 Å². The number of carbonyl (C=O) groups excluding carboxylic acids is 2. The molecule has 4 heterocycles. The Morgan fingerprint density at radius 1 is 0.771 bits per heavy atom. The molecule has 0 radical (unpaired) electrons. The minimum Gasteiger partial charge on any atom is -0.495 e. The zero-order chi connectivity index (χ0) is 34.6. The summed E-state index contributed by atoms with van der Waals surface area (Å²) in [7, 11) is 4.39. The van der Waals surface area contributed by atoms with Crippen molar-refractivity contribution in [3.05, 3.63) is 67.5 Å². The molecule has 5 aromatic rings. The summed E-state index contributed by atoms with van der Waals surface area (Å²) in [4.78, 5) is 45.0. The molecule has 256 valence electrons. The molecule has 0 unspecified atom stereocenters. The summed E-state index contributed by atoms with van der Waals surface area (Å²) < 4.78 is 14.5. The molecule has 1 aromatic carbocycles. The molecule has 0 aliphatic carbocycles. The van der Waals surface area contributed by atoms with Crippen LogP contribution in [0.25, 0.3) is 20.4 Å². The number of nitrogens with zero attached hydrogens (tertiary/aromatic N) is 4. The van der Waals surface area contributed by atoms with E-state index < -0.39 is 0 Å². The highest BCUT2D eigenvalue weighted by molar-refractivity contribution is 7.19. The summed E-state index contributed by atoms with van der Waals surface area (Å²) in [5.74, 6) is 2.43. The predicted octanol–water partition coefficient (Wildman–Crippen LogP) is 8.43. The number of methoxy groups -OCH3 is 3. The lowest BCUT2D eigenvalue weighted by Gasteiger charge is -2.10. The number of carbonyl (C=O) groups is 2. The lowest BCUT2D eigenvalue weighted by atomic mass is 10.2. The standard InChI is InChI=1S/C21H24ClN3O3S.C13H15ClN2O2S/c1-4-14-11-15-20(23-12-13-8-9-17(27-2)16(22)10-13)24-18(25-21(15)29-14)6-5-7-19(26)28-3;1-3-8-7-9-12(14)15-10(16-13(9)19-8)5-4-6-11(17)18-2/h8-11H,4-7,12H2,1-3H3,(H,23,24,25);7H,3-6H2,1-2H3. The molecular weight excluding hydrogens is 693 g/mol. The monoisotopic (exact) mass is 731 g/mol. The van der Waals surface area contributed by atoms with Gasteiger partial charge in [0.15, 0.2) is 0 Å². The van der Waals surface area contributed by atoms with Crippen molar-refractivity contribution in [2.75, 3.05) is 26.6 Å². The van der Waals surface area contributed by atoms with Crippen molar-refractivity contribution < 1.29 is 23.8 Å². The number of anilines is 1. The average Bonchev–Trinajstić information content (AvgIpc) is 3.72. The van der Waals surface area contributed by atoms with Crippen LogP contribution >= 0.6 is 45.9 Å². The molecule has 48 heavy (non-hydrogen) atoms. The molecule has 0 amide bonds. The SMILES string of the molecule is CCc1cc2c(Cl)nc(CCCC(=O)OC)nc2s1.CCc1cc2c(NCc3ccc(OC)c(Cl)c3)nc(CCCC(=O)OC)nc2s1. The second-order valence-corrected chi connectivity index (χ2v) is 13.7. The molecule has 0 fully saturated rings. The van der Waals surface area contributed by atoms with E-state index in [1.54, 1.807) is 29.8 Å². The fraction of sp³-hybridized carbons (Fsp3) is 0.412. The molecule has 0 aliphatic rings. The number of benzene rings is 1. The second kappa shape index (κ2) is 18.3. The molecule has 1 N–H and O–H groups in total. The zero-order valence-corrected chi connectivity index (χ0v) is 30.8. The fourth-order valence-corrected chi connectivity index (χ4v) is 7.24. The van der Waals surface area contributed by atoms with E-state index in [2.05, 4.69) is 39.9 Å². The number of halogens is 2. The average molecular weight is 733 g/mol. The van der Waals surface area contributed by atoms with Gasteiger partial charge in [0.1, 0.15) is 38.0 Å². The van der Waals surface area contributed by atoms with E-state index >= 15 is 0 Å². The van der Waals surface area contributed by atoms with Crippen LogP contribution in [0.5, 0.6) is 5.75 Å². The molecule has 0 saturated carbocycles. The molecular formula is C34H39Cl2N5O5S2. The van der Waals surface area contributed by atoms with Crippen molar-refractivity contribution in [3.8, 4) is 5.75 Å². The third-order valence-corrected chi connectivity index (χ3v) is 10.3. The van der Waals surface area contributed by atoms with Gasteiger partial charge in [-0.2, -0.15) is 0 Å². The molecule has 14 heteroatoms. The largest absolute Gasteiger partial charge is 0.495 e. The van der Waals surface area contributed by atoms with Crippen LogP contribution in [0.3, 0.4) is 0 Å². The van der Waals surface area contributed by atoms with Gasteiger partial charge >= 0.3 is 11.9 Å². The smallest absolute Gasteiger partial charge is 0.305 e. The maximum absolute atomic E-state index is 11.4. The lowest BCUT2D eigenvalue weighted by molar-refractivity contribution is -0.141. The summed E-state index contributed by atoms with van der Waals surface area (Å²) in [5.41, 5.74) is 1.03. The van der Waals surface area contributed by atoms with E-state index in [1.165, 1.54) is 24.0 Å². The summed E-state index contributed by atoms with van der Waals surface area (Å²) in [6.45, 7) is 4.81. The van der Waals surface area contributed by atoms with Crippen molar-refractivity contribution in [1.82, 2.24) is 19.9 Å². The van der Waals surface area contributed by atoms with Crippen LogP contribution in [0.1, 0.15) is 66.5 Å². The normalized spacial score (nSPS) is 10.9. The predicted molar refractivity (Wildman–Crippen MR) is 194 cm³/mol. The molecule has 10 nitrogen and oxygen atoms in total. The van der Waals surface area contributed by atoms with E-state index in [1.807, 2.05) is 24.3 Å². The van der Waals surface area contributed by atoms with Gasteiger partial charge in [0, 0.05) is 47.4 Å². The highest BCUT2D eigenvalue weighted by atomic mass is 35.5. The number of nitrogens with one attached hydrogen (secondary N) is 1. The minimum absolute atomic E-state index is 0.212. The Hall–Kier alpha value is -3.58. The number of fused-ring (bicyclic) bond motifs is 2. The summed E-state index contributed by atoms with van der Waals surface area (Å²) in [6, 6.07) is 9.89. The number of aryl methyl sites for hydroxylation is 4. The third-order valence-electron chi connectivity index (χ3n) is 7.32. The molecule has 4 aromatic heterocycles. The minimum atomic E-state index is -0.217. The van der Waals surface area contributed by atoms with Crippen molar-refractivity contribution in [2.24, 2.45) is 0 Å². The Kier molecular flexibility index (Phi) is 14.2. The van der Waals surface area contributed by atoms with Gasteiger partial charge in [-0.3, -0.25) is 9.59 Å². The first-order valence-corrected chi connectivity index (χ1v) is 18.0. The van der Waals surface area contributed by atoms with E-state index in [-0.39, 0.29) is 11.9 Å². The Labute approximate surface area is 298 Å². The first-order chi connectivity index (χ1) is 23.2. The summed E-state index contributed by atoms with van der Waals surface area (Å²) in [6.07, 6.45) is 5.22. The maximum atomic E-state index is 11.4. The Bertz CT molecular complexity index is 1860. The Balaban J connectivity index is 0.000000237. The Morgan fingerprint density at radius 2 is 1.33 bits per heavy atom. The molecule has 0 aliphatic heterocycles. The number of esters is 2. The van der Waals surface area contributed by atoms with Gasteiger partial charge in [0.05, 0.1) is 31.7 Å². The van der Waals surface area contributed by atoms with Crippen LogP contribution in [-0.2, 0) is 51.3 Å². The zero-order valence-electron chi connectivity index (χ0n) is 27.7. The molecule has 0 saturated heterocycles. The van der Waals surface area contributed by atoms with Gasteiger partial charge in [-0.15, -0.1) is 22.7 Å². The van der Waals surface area contributed by atoms with E-state index in [0.29, 0.717) is 66.8 Å². The van der Waals surface area contributed by atoms with Crippen LogP contribution < -0.4 is 10.1 Å². The van der Waals surface area contributed by atoms with Crippen molar-refractivity contribution >= 4 is 84.1 Å². The van der Waals surface area contributed by atoms with Gasteiger partial charge in [-0.05, 0) is 55.5 Å². The van der Waals surface area contributed by atoms with Crippen LogP contribution in [0, 0.1) is 0 Å². The topological polar surface area (TPSA) is 125 Å². The number of hydrogen-bond acceptors (Lipinski definition) is 12. The van der Waals surface area contributed by atoms with Crippen LogP contribution in [-0.4, -0.2) is 53.2 Å². The first-order valence-electron chi connectivity index (χ1n) is 15.6. The number of thiophene rings is 2. The van der Waals surface area contributed by atoms with Crippen LogP contribution in [0.2, 0.25) is 10.2 Å². The third kappa shape index (κ3) is 10.2. The van der Waals surface area contributed by atoms with Crippen LogP contribution in [0.15, 0.2) is 30.3 Å². The summed E-state index contributed by atoms with van der Waals surface area (Å²) in [5, 5.41) is 6.43. The van der Waals surface area contributed by atoms with E-state index in [9.17, 15) is 9.59 Å². The number of aromatic nitrogens is 4. The molecule has 5 rings (SSSR count). The quantitative estimate of drug-likeness (QED) is 0.0879. The molecule has 0 spiro atoms. The van der Waals surface area contributed by atoms with Gasteiger partial charge in [-0.25, -0.2) is 19.9 Å². The first kappa shape index (κ1) is 37.2. The lowest BCUT2D eigenvalue weighted by Crippen LogP contribution is -2.06. The second-order valence-electron chi connectivity index (χ2n) is 10.7. The molecule has 0 atom stereocenters. The highest BCUT2D eigenvalue weighted by Crippen LogP contribution is 2.31. The number of rotatable bonds is 14. The highest BCUT2D eigenvalue weighted by Gasteiger charge is 2.13. The van der Waals surface area contributed by atoms with Gasteiger partial charge in [0.2, 0.25) is 0 Å². The fourth-order valence-electron chi connectivity index (χ4n) is 4.69. The van der Waals surface area contributed by atoms with Crippen molar-refractivity contribution in [2.45, 2.75) is 71.8 Å². The maximum Gasteiger partial charge on any atom is 0.305 e. The van der Waals surface area contributed by atoms with Crippen LogP contribution in [0.4, 0.5) is 5.82 Å². The number of ether oxygens (including phenoxy) is 3. The Morgan fingerprint density at radius 3 is 1.88 bits per heavy atom. The van der Waals surface area contributed by atoms with Gasteiger partial charge < -0.3 is 19.5 Å². The van der Waals surface area contributed by atoms with Gasteiger partial charge in [0.25, 0.3) is 0 Å². The summed E-state index contributed by atoms with van der Waals surface area (Å²) >= 11 is 15.7. The van der Waals surface area contributed by atoms with E-state index in [4.69, 9.17) is 42.6 Å². The van der Waals surface area contributed by atoms with Crippen molar-refractivity contribution in [1.29, 1.82) is 0 Å². The van der Waals surface area contributed by atoms with Gasteiger partial charge in [-0.1, -0.05) is 43.1 Å². The molecule has 0 bridgehead atoms. The van der Waals surface area contributed by atoms with E-state index in [0.717, 1.165) is 50.5 Å². The number of hydrogen-bond donors (Lipinski definition) is 1.